The number of rotatable bonds is 4. The molecule has 0 aromatic heterocycles. The van der Waals surface area contributed by atoms with Crippen molar-refractivity contribution in [3.8, 4) is 0 Å². The fourth-order valence-corrected chi connectivity index (χ4v) is 9.95. The maximum atomic E-state index is 6.66. The van der Waals surface area contributed by atoms with Gasteiger partial charge in [0.05, 0.1) is 0 Å². The summed E-state index contributed by atoms with van der Waals surface area (Å²) in [6.07, 6.45) is 11.6. The molecule has 1 atom stereocenters. The summed E-state index contributed by atoms with van der Waals surface area (Å²) in [5.74, 6) is 0. The van der Waals surface area contributed by atoms with E-state index in [0.29, 0.717) is 0 Å². The Morgan fingerprint density at radius 1 is 1.24 bits per heavy atom. The maximum Gasteiger partial charge on any atom is -1.00 e. The second kappa shape index (κ2) is 9.08. The van der Waals surface area contributed by atoms with E-state index in [9.17, 15) is 0 Å². The molecule has 2 rings (SSSR count). The van der Waals surface area contributed by atoms with Gasteiger partial charge in [-0.15, -0.1) is 0 Å². The fraction of sp³-hybridized carbons (Fsp3) is 0.600. The van der Waals surface area contributed by atoms with Crippen LogP contribution in [-0.2, 0) is 25.2 Å². The van der Waals surface area contributed by atoms with E-state index in [-0.39, 0.29) is 35.5 Å². The molecule has 0 bridgehead atoms. The van der Waals surface area contributed by atoms with E-state index in [4.69, 9.17) is 4.74 Å². The summed E-state index contributed by atoms with van der Waals surface area (Å²) in [4.78, 5) is 0. The smallest absolute Gasteiger partial charge is 1.00 e. The molecule has 2 aliphatic rings. The quantitative estimate of drug-likeness (QED) is 0.550. The van der Waals surface area contributed by atoms with Gasteiger partial charge in [0.1, 0.15) is 0 Å². The largest absolute Gasteiger partial charge is 1.00 e. The van der Waals surface area contributed by atoms with E-state index < -0.39 is 8.07 Å². The van der Waals surface area contributed by atoms with Gasteiger partial charge in [-0.1, -0.05) is 0 Å². The standard InChI is InChI=1S/C20H31OSi.2ClH.Ti/c1-8-21-20(22(6,7)17-11-9-10-12-17)14-13-16(2)15-18(20)19(3,4)5;;;/h9,11,13,15H,8,10,14H2,1-7H3;2*1H;/q;;;+2/p-2. The molecule has 2 aliphatic carbocycles. The molecule has 1 nitrogen and oxygen atoms in total. The SMILES string of the molecule is CCOC1([Si](C)(C)C2=[C]([Ti+2])CC=C2)CC=C(C)C=C1C(C)(C)C.[Cl-].[Cl-]. The van der Waals surface area contributed by atoms with Crippen molar-refractivity contribution in [3.05, 3.63) is 44.5 Å². The van der Waals surface area contributed by atoms with Crippen molar-refractivity contribution in [2.45, 2.75) is 65.8 Å². The summed E-state index contributed by atoms with van der Waals surface area (Å²) in [5.41, 5.74) is 2.98. The zero-order valence-corrected chi connectivity index (χ0v) is 20.7. The topological polar surface area (TPSA) is 9.23 Å². The van der Waals surface area contributed by atoms with Crippen molar-refractivity contribution >= 4 is 8.07 Å². The van der Waals surface area contributed by atoms with Crippen molar-refractivity contribution in [2.75, 3.05) is 6.61 Å². The van der Waals surface area contributed by atoms with Gasteiger partial charge in [-0.3, -0.25) is 0 Å². The molecule has 5 heteroatoms. The summed E-state index contributed by atoms with van der Waals surface area (Å²) in [7, 11) is -1.85. The normalized spacial score (nSPS) is 23.7. The van der Waals surface area contributed by atoms with Gasteiger partial charge < -0.3 is 24.8 Å². The Labute approximate surface area is 179 Å². The van der Waals surface area contributed by atoms with Crippen LogP contribution in [-0.4, -0.2) is 19.9 Å². The molecular weight excluding hydrogens is 403 g/mol. The van der Waals surface area contributed by atoms with Crippen LogP contribution in [0.1, 0.15) is 47.5 Å². The summed E-state index contributed by atoms with van der Waals surface area (Å²) < 4.78 is 8.21. The maximum absolute atomic E-state index is 6.66. The summed E-state index contributed by atoms with van der Waals surface area (Å²) >= 11 is 2.30. The Morgan fingerprint density at radius 2 is 1.84 bits per heavy atom. The molecule has 0 radical (unpaired) electrons. The van der Waals surface area contributed by atoms with Crippen LogP contribution in [0.5, 0.6) is 0 Å². The average Bonchev–Trinajstić information content (AvgIpc) is 2.86. The molecule has 0 heterocycles. The van der Waals surface area contributed by atoms with E-state index in [1.807, 2.05) is 0 Å². The van der Waals surface area contributed by atoms with E-state index in [1.165, 1.54) is 11.1 Å². The number of ether oxygens (including phenoxy) is 1. The fourth-order valence-electron chi connectivity index (χ4n) is 4.10. The van der Waals surface area contributed by atoms with Crippen molar-refractivity contribution in [2.24, 2.45) is 5.41 Å². The van der Waals surface area contributed by atoms with Crippen LogP contribution in [0.4, 0.5) is 0 Å². The molecule has 0 saturated heterocycles. The zero-order valence-electron chi connectivity index (χ0n) is 16.6. The van der Waals surface area contributed by atoms with Gasteiger partial charge in [0, 0.05) is 0 Å². The van der Waals surface area contributed by atoms with E-state index in [0.717, 1.165) is 19.4 Å². The first-order valence-corrected chi connectivity index (χ1v) is 12.5. The molecule has 0 fully saturated rings. The minimum Gasteiger partial charge on any atom is -1.00 e. The Balaban J connectivity index is 0.00000288. The molecule has 0 spiro atoms. The van der Waals surface area contributed by atoms with Gasteiger partial charge in [0.2, 0.25) is 0 Å². The van der Waals surface area contributed by atoms with Crippen LogP contribution in [0, 0.1) is 5.41 Å². The van der Waals surface area contributed by atoms with Crippen LogP contribution >= 0.6 is 0 Å². The third-order valence-electron chi connectivity index (χ3n) is 5.33. The predicted molar refractivity (Wildman–Crippen MR) is 98.5 cm³/mol. The van der Waals surface area contributed by atoms with Gasteiger partial charge in [-0.25, -0.2) is 0 Å². The molecule has 25 heavy (non-hydrogen) atoms. The van der Waals surface area contributed by atoms with Crippen LogP contribution in [0.25, 0.3) is 0 Å². The molecule has 139 valence electrons. The monoisotopic (exact) mass is 433 g/mol. The first kappa shape index (κ1) is 25.4. The Bertz CT molecular complexity index is 612. The van der Waals surface area contributed by atoms with Crippen molar-refractivity contribution in [1.82, 2.24) is 0 Å². The molecule has 0 aromatic rings. The third-order valence-corrected chi connectivity index (χ3v) is 10.9. The minimum atomic E-state index is -1.85. The molecule has 0 saturated carbocycles. The average molecular weight is 434 g/mol. The summed E-state index contributed by atoms with van der Waals surface area (Å²) in [6.45, 7) is 17.1. The van der Waals surface area contributed by atoms with E-state index >= 15 is 0 Å². The molecule has 0 aliphatic heterocycles. The molecule has 0 amide bonds. The van der Waals surface area contributed by atoms with Gasteiger partial charge in [-0.05, 0) is 0 Å². The first-order valence-electron chi connectivity index (χ1n) is 8.71. The second-order valence-corrected chi connectivity index (χ2v) is 13.9. The second-order valence-electron chi connectivity index (χ2n) is 8.34. The van der Waals surface area contributed by atoms with Gasteiger partial charge in [-0.2, -0.15) is 0 Å². The van der Waals surface area contributed by atoms with Crippen LogP contribution < -0.4 is 24.8 Å². The van der Waals surface area contributed by atoms with Crippen LogP contribution in [0.3, 0.4) is 0 Å². The third kappa shape index (κ3) is 4.65. The minimum absolute atomic E-state index is 0. The van der Waals surface area contributed by atoms with Crippen molar-refractivity contribution in [3.63, 3.8) is 0 Å². The van der Waals surface area contributed by atoms with Gasteiger partial charge in [0.15, 0.2) is 0 Å². The van der Waals surface area contributed by atoms with Crippen molar-refractivity contribution in [1.29, 1.82) is 0 Å². The zero-order chi connectivity index (χ0) is 17.5. The first-order chi connectivity index (χ1) is 10.6. The Morgan fingerprint density at radius 3 is 2.28 bits per heavy atom. The number of halogens is 2. The van der Waals surface area contributed by atoms with Crippen LogP contribution in [0.15, 0.2) is 44.5 Å². The van der Waals surface area contributed by atoms with Gasteiger partial charge >= 0.3 is 156 Å². The predicted octanol–water partition coefficient (Wildman–Crippen LogP) is -0.360. The molecule has 0 aromatic carbocycles. The van der Waals surface area contributed by atoms with Crippen molar-refractivity contribution < 1.29 is 50.0 Å². The molecular formula is C20H31Cl2OSiTi. The van der Waals surface area contributed by atoms with E-state index in [1.54, 1.807) is 9.07 Å². The summed E-state index contributed by atoms with van der Waals surface area (Å²) in [6, 6.07) is 0. The summed E-state index contributed by atoms with van der Waals surface area (Å²) in [5, 5.41) is 1.46. The van der Waals surface area contributed by atoms with E-state index in [2.05, 4.69) is 92.5 Å². The molecule has 0 N–H and O–H groups in total. The number of hydrogen-bond acceptors (Lipinski definition) is 1. The number of hydrogen-bond donors (Lipinski definition) is 0. The Hall–Kier alpha value is 0.431. The van der Waals surface area contributed by atoms with Crippen LogP contribution in [0.2, 0.25) is 13.1 Å². The van der Waals surface area contributed by atoms with Gasteiger partial charge in [0.25, 0.3) is 0 Å². The number of allylic oxidation sites excluding steroid dienone is 6. The molecule has 1 unspecified atom stereocenters. The Kier molecular flexibility index (Phi) is 9.24.